The van der Waals surface area contributed by atoms with E-state index in [9.17, 15) is 4.79 Å². The summed E-state index contributed by atoms with van der Waals surface area (Å²) >= 11 is 0. The topological polar surface area (TPSA) is 55.6 Å². The maximum atomic E-state index is 12.4. The number of halogens is 1. The Morgan fingerprint density at radius 1 is 1.35 bits per heavy atom. The lowest BCUT2D eigenvalue weighted by Crippen LogP contribution is -2.57. The fraction of sp³-hybridized carbons (Fsp3) is 0.917. The molecule has 1 unspecified atom stereocenters. The summed E-state index contributed by atoms with van der Waals surface area (Å²) in [4.78, 5) is 14.2. The smallest absolute Gasteiger partial charge is 0.242 e. The molecule has 2 fully saturated rings. The minimum Gasteiger partial charge on any atom is -0.379 e. The molecular weight excluding hydrogens is 240 g/mol. The van der Waals surface area contributed by atoms with Crippen LogP contribution in [0.4, 0.5) is 0 Å². The Hall–Kier alpha value is -0.320. The van der Waals surface area contributed by atoms with Crippen LogP contribution in [-0.2, 0) is 9.53 Å². The van der Waals surface area contributed by atoms with E-state index in [4.69, 9.17) is 10.5 Å². The quantitative estimate of drug-likeness (QED) is 0.817. The Balaban J connectivity index is 0.00000144. The Bertz CT molecular complexity index is 261. The molecule has 0 radical (unpaired) electrons. The first kappa shape index (κ1) is 14.7. The molecule has 5 heteroatoms. The lowest BCUT2D eigenvalue weighted by molar-refractivity contribution is -0.139. The minimum absolute atomic E-state index is 0. The molecule has 2 rings (SSSR count). The van der Waals surface area contributed by atoms with Gasteiger partial charge in [-0.15, -0.1) is 12.4 Å². The summed E-state index contributed by atoms with van der Waals surface area (Å²) in [5.74, 6) is 0.114. The number of nitrogens with zero attached hydrogens (tertiary/aromatic N) is 1. The standard InChI is InChI=1S/C12H22N2O2.ClH/c1-14(10-5-8-16-9-10)11(15)12(13)6-3-2-4-7-12;/h10H,2-9,13H2,1H3;1H. The molecule has 0 aromatic heterocycles. The zero-order valence-corrected chi connectivity index (χ0v) is 11.3. The Labute approximate surface area is 109 Å². The molecule has 1 saturated carbocycles. The van der Waals surface area contributed by atoms with Crippen LogP contribution in [0.3, 0.4) is 0 Å². The van der Waals surface area contributed by atoms with Crippen molar-refractivity contribution in [1.82, 2.24) is 4.90 Å². The minimum atomic E-state index is -0.602. The predicted molar refractivity (Wildman–Crippen MR) is 69.2 cm³/mol. The van der Waals surface area contributed by atoms with Crippen molar-refractivity contribution in [2.75, 3.05) is 20.3 Å². The maximum absolute atomic E-state index is 12.4. The zero-order valence-electron chi connectivity index (χ0n) is 10.5. The largest absolute Gasteiger partial charge is 0.379 e. The highest BCUT2D eigenvalue weighted by Gasteiger charge is 2.39. The summed E-state index contributed by atoms with van der Waals surface area (Å²) < 4.78 is 5.31. The number of hydrogen-bond donors (Lipinski definition) is 1. The van der Waals surface area contributed by atoms with E-state index in [1.807, 2.05) is 11.9 Å². The molecule has 0 spiro atoms. The molecule has 0 bridgehead atoms. The van der Waals surface area contributed by atoms with Crippen LogP contribution in [0, 0.1) is 0 Å². The summed E-state index contributed by atoms with van der Waals surface area (Å²) in [5.41, 5.74) is 5.64. The second-order valence-corrected chi connectivity index (χ2v) is 5.15. The van der Waals surface area contributed by atoms with Crippen molar-refractivity contribution >= 4 is 18.3 Å². The number of carbonyl (C=O) groups excluding carboxylic acids is 1. The summed E-state index contributed by atoms with van der Waals surface area (Å²) in [5, 5.41) is 0. The molecule has 1 saturated heterocycles. The molecule has 2 N–H and O–H groups in total. The number of hydrogen-bond acceptors (Lipinski definition) is 3. The fourth-order valence-corrected chi connectivity index (χ4v) is 2.74. The van der Waals surface area contributed by atoms with Gasteiger partial charge in [-0.2, -0.15) is 0 Å². The van der Waals surface area contributed by atoms with E-state index in [1.54, 1.807) is 0 Å². The van der Waals surface area contributed by atoms with Crippen molar-refractivity contribution in [2.45, 2.75) is 50.1 Å². The van der Waals surface area contributed by atoms with Crippen LogP contribution in [0.15, 0.2) is 0 Å². The summed E-state index contributed by atoms with van der Waals surface area (Å²) in [6.07, 6.45) is 5.99. The van der Waals surface area contributed by atoms with E-state index in [-0.39, 0.29) is 24.4 Å². The predicted octanol–water partition coefficient (Wildman–Crippen LogP) is 1.32. The van der Waals surface area contributed by atoms with Gasteiger partial charge in [0.25, 0.3) is 0 Å². The number of likely N-dealkylation sites (N-methyl/N-ethyl adjacent to an activating group) is 1. The van der Waals surface area contributed by atoms with Gasteiger partial charge in [0.1, 0.15) is 0 Å². The number of carbonyl (C=O) groups is 1. The maximum Gasteiger partial charge on any atom is 0.242 e. The van der Waals surface area contributed by atoms with Gasteiger partial charge in [0.05, 0.1) is 18.2 Å². The van der Waals surface area contributed by atoms with Gasteiger partial charge in [-0.05, 0) is 19.3 Å². The summed E-state index contributed by atoms with van der Waals surface area (Å²) in [6, 6.07) is 0.231. The van der Waals surface area contributed by atoms with Gasteiger partial charge in [-0.25, -0.2) is 0 Å². The van der Waals surface area contributed by atoms with Gasteiger partial charge >= 0.3 is 0 Å². The zero-order chi connectivity index (χ0) is 11.6. The monoisotopic (exact) mass is 262 g/mol. The lowest BCUT2D eigenvalue weighted by Gasteiger charge is -2.37. The molecule has 1 aliphatic heterocycles. The second-order valence-electron chi connectivity index (χ2n) is 5.15. The SMILES string of the molecule is CN(C(=O)C1(N)CCCCC1)C1CCOC1.Cl. The van der Waals surface area contributed by atoms with E-state index < -0.39 is 5.54 Å². The van der Waals surface area contributed by atoms with Crippen LogP contribution >= 0.6 is 12.4 Å². The molecule has 2 aliphatic rings. The average molecular weight is 263 g/mol. The normalized spacial score (nSPS) is 27.3. The van der Waals surface area contributed by atoms with Gasteiger partial charge in [0.15, 0.2) is 0 Å². The molecule has 0 aromatic carbocycles. The van der Waals surface area contributed by atoms with Crippen molar-refractivity contribution in [3.63, 3.8) is 0 Å². The molecule has 1 aliphatic carbocycles. The Kier molecular flexibility index (Phi) is 5.22. The van der Waals surface area contributed by atoms with Crippen LogP contribution in [0.25, 0.3) is 0 Å². The average Bonchev–Trinajstić information content (AvgIpc) is 2.81. The lowest BCUT2D eigenvalue weighted by atomic mass is 9.81. The third kappa shape index (κ3) is 3.12. The molecule has 1 amide bonds. The first-order valence-electron chi connectivity index (χ1n) is 6.27. The van der Waals surface area contributed by atoms with Gasteiger partial charge < -0.3 is 15.4 Å². The highest BCUT2D eigenvalue weighted by Crippen LogP contribution is 2.28. The van der Waals surface area contributed by atoms with Crippen molar-refractivity contribution in [2.24, 2.45) is 5.73 Å². The van der Waals surface area contributed by atoms with Gasteiger partial charge in [-0.3, -0.25) is 4.79 Å². The van der Waals surface area contributed by atoms with Crippen molar-refractivity contribution in [3.05, 3.63) is 0 Å². The van der Waals surface area contributed by atoms with Gasteiger partial charge in [0.2, 0.25) is 5.91 Å². The fourth-order valence-electron chi connectivity index (χ4n) is 2.74. The number of rotatable bonds is 2. The Morgan fingerprint density at radius 3 is 2.53 bits per heavy atom. The second kappa shape index (κ2) is 6.03. The third-order valence-corrected chi connectivity index (χ3v) is 3.95. The molecule has 4 nitrogen and oxygen atoms in total. The van der Waals surface area contributed by atoms with Crippen LogP contribution in [0.2, 0.25) is 0 Å². The molecule has 17 heavy (non-hydrogen) atoms. The first-order chi connectivity index (χ1) is 7.63. The first-order valence-corrected chi connectivity index (χ1v) is 6.27. The molecule has 1 atom stereocenters. The van der Waals surface area contributed by atoms with Crippen LogP contribution < -0.4 is 5.73 Å². The highest BCUT2D eigenvalue weighted by atomic mass is 35.5. The number of nitrogens with two attached hydrogens (primary N) is 1. The molecule has 0 aromatic rings. The van der Waals surface area contributed by atoms with Gasteiger partial charge in [0, 0.05) is 13.7 Å². The van der Waals surface area contributed by atoms with Crippen LogP contribution in [0.5, 0.6) is 0 Å². The highest BCUT2D eigenvalue weighted by molar-refractivity contribution is 5.86. The van der Waals surface area contributed by atoms with Crippen LogP contribution in [0.1, 0.15) is 38.5 Å². The van der Waals surface area contributed by atoms with E-state index in [0.717, 1.165) is 38.7 Å². The third-order valence-electron chi connectivity index (χ3n) is 3.95. The van der Waals surface area contributed by atoms with E-state index in [0.29, 0.717) is 6.61 Å². The van der Waals surface area contributed by atoms with Gasteiger partial charge in [-0.1, -0.05) is 19.3 Å². The van der Waals surface area contributed by atoms with Crippen molar-refractivity contribution in [1.29, 1.82) is 0 Å². The Morgan fingerprint density at radius 2 is 2.00 bits per heavy atom. The van der Waals surface area contributed by atoms with Crippen LogP contribution in [-0.4, -0.2) is 42.6 Å². The molecule has 1 heterocycles. The number of ether oxygens (including phenoxy) is 1. The van der Waals surface area contributed by atoms with Crippen molar-refractivity contribution in [3.8, 4) is 0 Å². The summed E-state index contributed by atoms with van der Waals surface area (Å²) in [7, 11) is 1.87. The van der Waals surface area contributed by atoms with E-state index >= 15 is 0 Å². The molecule has 100 valence electrons. The summed E-state index contributed by atoms with van der Waals surface area (Å²) in [6.45, 7) is 1.43. The van der Waals surface area contributed by atoms with Crippen molar-refractivity contribution < 1.29 is 9.53 Å². The van der Waals surface area contributed by atoms with E-state index in [1.165, 1.54) is 6.42 Å². The number of amides is 1. The molecular formula is C12H23ClN2O2. The van der Waals surface area contributed by atoms with E-state index in [2.05, 4.69) is 0 Å².